The van der Waals surface area contributed by atoms with Gasteiger partial charge in [0.05, 0.1) is 5.56 Å². The summed E-state index contributed by atoms with van der Waals surface area (Å²) in [5.41, 5.74) is 2.55. The molecule has 0 saturated heterocycles. The molecular formula is C19H20F3NO. The van der Waals surface area contributed by atoms with Crippen molar-refractivity contribution in [2.24, 2.45) is 0 Å². The third-order valence-corrected chi connectivity index (χ3v) is 3.96. The van der Waals surface area contributed by atoms with E-state index in [2.05, 4.69) is 5.32 Å². The number of aryl methyl sites for hydroxylation is 2. The van der Waals surface area contributed by atoms with E-state index in [1.54, 1.807) is 0 Å². The first kappa shape index (κ1) is 18.0. The van der Waals surface area contributed by atoms with E-state index in [9.17, 15) is 18.0 Å². The number of halogens is 3. The molecule has 24 heavy (non-hydrogen) atoms. The first-order valence-corrected chi connectivity index (χ1v) is 7.91. The fourth-order valence-electron chi connectivity index (χ4n) is 2.62. The predicted octanol–water partition coefficient (Wildman–Crippen LogP) is 4.76. The quantitative estimate of drug-likeness (QED) is 0.838. The highest BCUT2D eigenvalue weighted by atomic mass is 19.4. The summed E-state index contributed by atoms with van der Waals surface area (Å²) in [5.74, 6) is -0.191. The first-order chi connectivity index (χ1) is 11.4. The third kappa shape index (κ3) is 4.16. The van der Waals surface area contributed by atoms with Crippen LogP contribution in [0.1, 0.15) is 46.5 Å². The van der Waals surface area contributed by atoms with Gasteiger partial charge in [-0.25, -0.2) is 0 Å². The van der Waals surface area contributed by atoms with Crippen molar-refractivity contribution in [3.63, 3.8) is 0 Å². The topological polar surface area (TPSA) is 29.1 Å². The smallest absolute Gasteiger partial charge is 0.348 e. The molecule has 1 N–H and O–H groups in total. The van der Waals surface area contributed by atoms with Crippen LogP contribution in [0.4, 0.5) is 13.2 Å². The SMILES string of the molecule is CCc1cccc(CC)c1C(=O)NCc1ccc(C(F)(F)F)cc1. The fourth-order valence-corrected chi connectivity index (χ4v) is 2.62. The molecule has 0 fully saturated rings. The summed E-state index contributed by atoms with van der Waals surface area (Å²) in [7, 11) is 0. The number of benzene rings is 2. The molecule has 0 bridgehead atoms. The minimum absolute atomic E-state index is 0.191. The van der Waals surface area contributed by atoms with Crippen LogP contribution < -0.4 is 5.32 Å². The summed E-state index contributed by atoms with van der Waals surface area (Å²) < 4.78 is 37.7. The Bertz CT molecular complexity index is 683. The first-order valence-electron chi connectivity index (χ1n) is 7.91. The normalized spacial score (nSPS) is 11.4. The molecule has 0 aliphatic carbocycles. The minimum atomic E-state index is -4.35. The van der Waals surface area contributed by atoms with E-state index in [0.717, 1.165) is 36.1 Å². The van der Waals surface area contributed by atoms with Crippen molar-refractivity contribution in [2.75, 3.05) is 0 Å². The van der Waals surface area contributed by atoms with Gasteiger partial charge in [0, 0.05) is 12.1 Å². The second-order valence-electron chi connectivity index (χ2n) is 5.54. The van der Waals surface area contributed by atoms with E-state index in [1.807, 2.05) is 32.0 Å². The van der Waals surface area contributed by atoms with Crippen LogP contribution in [0.3, 0.4) is 0 Å². The maximum Gasteiger partial charge on any atom is 0.416 e. The average molecular weight is 335 g/mol. The number of hydrogen-bond acceptors (Lipinski definition) is 1. The van der Waals surface area contributed by atoms with Crippen molar-refractivity contribution in [1.82, 2.24) is 5.32 Å². The maximum absolute atomic E-state index is 12.6. The van der Waals surface area contributed by atoms with Gasteiger partial charge in [0.25, 0.3) is 5.91 Å². The number of alkyl halides is 3. The molecule has 0 atom stereocenters. The number of amides is 1. The second-order valence-corrected chi connectivity index (χ2v) is 5.54. The van der Waals surface area contributed by atoms with Gasteiger partial charge in [-0.05, 0) is 41.7 Å². The van der Waals surface area contributed by atoms with E-state index >= 15 is 0 Å². The monoisotopic (exact) mass is 335 g/mol. The van der Waals surface area contributed by atoms with Crippen LogP contribution in [0.2, 0.25) is 0 Å². The molecule has 5 heteroatoms. The van der Waals surface area contributed by atoms with Gasteiger partial charge in [0.1, 0.15) is 0 Å². The number of carbonyl (C=O) groups excluding carboxylic acids is 1. The molecule has 2 aromatic carbocycles. The summed E-state index contributed by atoms with van der Waals surface area (Å²) in [6.07, 6.45) is -2.86. The summed E-state index contributed by atoms with van der Waals surface area (Å²) in [5, 5.41) is 2.80. The van der Waals surface area contributed by atoms with Crippen LogP contribution in [-0.2, 0) is 25.6 Å². The zero-order valence-electron chi connectivity index (χ0n) is 13.7. The van der Waals surface area contributed by atoms with Gasteiger partial charge < -0.3 is 5.32 Å². The molecule has 128 valence electrons. The van der Waals surface area contributed by atoms with Crippen LogP contribution >= 0.6 is 0 Å². The lowest BCUT2D eigenvalue weighted by Crippen LogP contribution is -2.25. The fraction of sp³-hybridized carbons (Fsp3) is 0.316. The summed E-state index contributed by atoms with van der Waals surface area (Å²) in [6, 6.07) is 10.6. The highest BCUT2D eigenvalue weighted by Gasteiger charge is 2.29. The highest BCUT2D eigenvalue weighted by Crippen LogP contribution is 2.29. The van der Waals surface area contributed by atoms with Crippen molar-refractivity contribution < 1.29 is 18.0 Å². The number of hydrogen-bond donors (Lipinski definition) is 1. The van der Waals surface area contributed by atoms with Gasteiger partial charge in [0.2, 0.25) is 0 Å². The second kappa shape index (κ2) is 7.51. The lowest BCUT2D eigenvalue weighted by atomic mass is 9.97. The lowest BCUT2D eigenvalue weighted by Gasteiger charge is -2.13. The Morgan fingerprint density at radius 1 is 0.958 bits per heavy atom. The van der Waals surface area contributed by atoms with E-state index in [4.69, 9.17) is 0 Å². The minimum Gasteiger partial charge on any atom is -0.348 e. The highest BCUT2D eigenvalue weighted by molar-refractivity contribution is 5.97. The molecule has 0 radical (unpaired) electrons. The van der Waals surface area contributed by atoms with E-state index in [-0.39, 0.29) is 12.5 Å². The Balaban J connectivity index is 2.11. The van der Waals surface area contributed by atoms with Crippen molar-refractivity contribution in [2.45, 2.75) is 39.4 Å². The average Bonchev–Trinajstić information content (AvgIpc) is 2.58. The number of carbonyl (C=O) groups is 1. The predicted molar refractivity (Wildman–Crippen MR) is 87.8 cm³/mol. The van der Waals surface area contributed by atoms with Crippen LogP contribution in [0.5, 0.6) is 0 Å². The molecular weight excluding hydrogens is 315 g/mol. The summed E-state index contributed by atoms with van der Waals surface area (Å²) in [6.45, 7) is 4.17. The lowest BCUT2D eigenvalue weighted by molar-refractivity contribution is -0.137. The third-order valence-electron chi connectivity index (χ3n) is 3.96. The van der Waals surface area contributed by atoms with Crippen LogP contribution in [-0.4, -0.2) is 5.91 Å². The molecule has 0 saturated carbocycles. The molecule has 0 unspecified atom stereocenters. The van der Waals surface area contributed by atoms with Gasteiger partial charge in [-0.15, -0.1) is 0 Å². The number of nitrogens with one attached hydrogen (secondary N) is 1. The molecule has 0 aliphatic rings. The molecule has 0 spiro atoms. The van der Waals surface area contributed by atoms with Crippen molar-refractivity contribution >= 4 is 5.91 Å². The van der Waals surface area contributed by atoms with Crippen LogP contribution in [0.15, 0.2) is 42.5 Å². The van der Waals surface area contributed by atoms with Crippen molar-refractivity contribution in [3.05, 3.63) is 70.3 Å². The largest absolute Gasteiger partial charge is 0.416 e. The summed E-state index contributed by atoms with van der Waals surface area (Å²) in [4.78, 5) is 12.5. The Kier molecular flexibility index (Phi) is 5.65. The summed E-state index contributed by atoms with van der Waals surface area (Å²) >= 11 is 0. The van der Waals surface area contributed by atoms with E-state index in [0.29, 0.717) is 11.1 Å². The molecule has 2 nitrogen and oxygen atoms in total. The van der Waals surface area contributed by atoms with Gasteiger partial charge in [-0.3, -0.25) is 4.79 Å². The molecule has 2 aromatic rings. The molecule has 0 aliphatic heterocycles. The molecule has 0 aromatic heterocycles. The van der Waals surface area contributed by atoms with Crippen LogP contribution in [0, 0.1) is 0 Å². The van der Waals surface area contributed by atoms with Gasteiger partial charge in [-0.1, -0.05) is 44.2 Å². The zero-order chi connectivity index (χ0) is 17.7. The van der Waals surface area contributed by atoms with Crippen LogP contribution in [0.25, 0.3) is 0 Å². The molecule has 0 heterocycles. The zero-order valence-corrected chi connectivity index (χ0v) is 13.7. The Morgan fingerprint density at radius 2 is 1.50 bits per heavy atom. The molecule has 2 rings (SSSR count). The van der Waals surface area contributed by atoms with E-state index in [1.165, 1.54) is 12.1 Å². The van der Waals surface area contributed by atoms with Gasteiger partial charge in [-0.2, -0.15) is 13.2 Å². The number of rotatable bonds is 5. The maximum atomic E-state index is 12.6. The Labute approximate surface area is 139 Å². The standard InChI is InChI=1S/C19H20F3NO/c1-3-14-6-5-7-15(4-2)17(14)18(24)23-12-13-8-10-16(11-9-13)19(20,21)22/h5-11H,3-4,12H2,1-2H3,(H,23,24). The Morgan fingerprint density at radius 3 is 1.96 bits per heavy atom. The molecule has 1 amide bonds. The van der Waals surface area contributed by atoms with Gasteiger partial charge >= 0.3 is 6.18 Å². The Hall–Kier alpha value is -2.30. The van der Waals surface area contributed by atoms with E-state index < -0.39 is 11.7 Å². The van der Waals surface area contributed by atoms with Gasteiger partial charge in [0.15, 0.2) is 0 Å². The van der Waals surface area contributed by atoms with Crippen molar-refractivity contribution in [3.8, 4) is 0 Å². The van der Waals surface area contributed by atoms with Crippen molar-refractivity contribution in [1.29, 1.82) is 0 Å².